The van der Waals surface area contributed by atoms with Gasteiger partial charge in [0.15, 0.2) is 6.10 Å². The number of esters is 1. The molecule has 5 nitrogen and oxygen atoms in total. The highest BCUT2D eigenvalue weighted by atomic mass is 16.5. The Kier molecular flexibility index (Phi) is 17.8. The fraction of sp³-hybridized carbons (Fsp3) is 0.923. The molecule has 0 aromatic carbocycles. The van der Waals surface area contributed by atoms with Crippen LogP contribution in [0.3, 0.4) is 0 Å². The van der Waals surface area contributed by atoms with Crippen LogP contribution in [0.1, 0.15) is 117 Å². The van der Waals surface area contributed by atoms with Crippen LogP contribution in [0.25, 0.3) is 0 Å². The van der Waals surface area contributed by atoms with Gasteiger partial charge in [-0.1, -0.05) is 97.3 Å². The average Bonchev–Trinajstić information content (AvgIpc) is 2.62. The van der Waals surface area contributed by atoms with Gasteiger partial charge in [0.1, 0.15) is 6.54 Å². The summed E-state index contributed by atoms with van der Waals surface area (Å²) in [5, 5.41) is 10.9. The summed E-state index contributed by atoms with van der Waals surface area (Å²) in [6, 6.07) is 0. The van der Waals surface area contributed by atoms with Crippen molar-refractivity contribution >= 4 is 11.9 Å². The number of unbranched alkanes of at least 4 members (excludes halogenated alkanes) is 12. The third kappa shape index (κ3) is 23.4. The maximum absolute atomic E-state index is 12.0. The van der Waals surface area contributed by atoms with E-state index in [1.54, 1.807) is 0 Å². The van der Waals surface area contributed by atoms with E-state index in [1.807, 2.05) is 21.1 Å². The number of aliphatic carboxylic acids is 1. The predicted molar refractivity (Wildman–Crippen MR) is 126 cm³/mol. The lowest BCUT2D eigenvalue weighted by atomic mass is 10.0. The first-order chi connectivity index (χ1) is 14.6. The van der Waals surface area contributed by atoms with E-state index in [-0.39, 0.29) is 12.4 Å². The minimum Gasteiger partial charge on any atom is -0.550 e. The third-order valence-corrected chi connectivity index (χ3v) is 5.61. The van der Waals surface area contributed by atoms with Gasteiger partial charge >= 0.3 is 5.97 Å². The van der Waals surface area contributed by atoms with Gasteiger partial charge in [0.05, 0.1) is 21.1 Å². The van der Waals surface area contributed by atoms with E-state index in [0.29, 0.717) is 17.4 Å². The number of nitrogens with zero attached hydrogens (tertiary/aromatic N) is 1. The standard InChI is InChI=1S/C26H51NO4/c1-23(2)19-17-15-13-11-9-7-6-8-10-12-14-16-18-20-26(30)31-24(21-25(28)29)22-27(3,4)5/h23-24H,6-22H2,1-5H3. The number of carbonyl (C=O) groups excluding carboxylic acids is 2. The minimum absolute atomic E-state index is 0.237. The molecule has 0 bridgehead atoms. The number of hydrogen-bond donors (Lipinski definition) is 0. The van der Waals surface area contributed by atoms with Crippen LogP contribution in [0, 0.1) is 5.92 Å². The number of hydrogen-bond acceptors (Lipinski definition) is 4. The van der Waals surface area contributed by atoms with Gasteiger partial charge in [-0.05, 0) is 12.3 Å². The van der Waals surface area contributed by atoms with Crippen molar-refractivity contribution in [2.45, 2.75) is 123 Å². The van der Waals surface area contributed by atoms with Crippen LogP contribution in [0.2, 0.25) is 0 Å². The minimum atomic E-state index is -1.17. The lowest BCUT2D eigenvalue weighted by Crippen LogP contribution is -2.45. The number of carboxylic acid groups (broad SMARTS) is 1. The fourth-order valence-corrected chi connectivity index (χ4v) is 3.95. The second kappa shape index (κ2) is 18.5. The van der Waals surface area contributed by atoms with Crippen LogP contribution >= 0.6 is 0 Å². The van der Waals surface area contributed by atoms with E-state index in [1.165, 1.54) is 70.6 Å². The molecule has 0 radical (unpaired) electrons. The fourth-order valence-electron chi connectivity index (χ4n) is 3.95. The highest BCUT2D eigenvalue weighted by Gasteiger charge is 2.22. The molecule has 0 saturated heterocycles. The van der Waals surface area contributed by atoms with Gasteiger partial charge in [-0.25, -0.2) is 0 Å². The summed E-state index contributed by atoms with van der Waals surface area (Å²) in [7, 11) is 5.85. The van der Waals surface area contributed by atoms with E-state index >= 15 is 0 Å². The first-order valence-corrected chi connectivity index (χ1v) is 12.8. The van der Waals surface area contributed by atoms with Crippen molar-refractivity contribution < 1.29 is 23.9 Å². The molecule has 0 fully saturated rings. The number of likely N-dealkylation sites (N-methyl/N-ethyl adjacent to an activating group) is 1. The smallest absolute Gasteiger partial charge is 0.306 e. The SMILES string of the molecule is CC(C)CCCCCCCCCCCCCCCC(=O)OC(CC(=O)[O-])C[N+](C)(C)C. The molecule has 0 N–H and O–H groups in total. The third-order valence-electron chi connectivity index (χ3n) is 5.61. The van der Waals surface area contributed by atoms with Crippen molar-refractivity contribution in [1.82, 2.24) is 0 Å². The van der Waals surface area contributed by atoms with Gasteiger partial charge in [-0.15, -0.1) is 0 Å². The van der Waals surface area contributed by atoms with Crippen molar-refractivity contribution in [3.05, 3.63) is 0 Å². The Hall–Kier alpha value is -1.10. The van der Waals surface area contributed by atoms with Gasteiger partial charge in [0, 0.05) is 18.8 Å². The van der Waals surface area contributed by atoms with Gasteiger partial charge in [0.2, 0.25) is 0 Å². The Morgan fingerprint density at radius 2 is 1.16 bits per heavy atom. The lowest BCUT2D eigenvalue weighted by molar-refractivity contribution is -0.873. The molecule has 184 valence electrons. The Morgan fingerprint density at radius 1 is 0.742 bits per heavy atom. The van der Waals surface area contributed by atoms with E-state index in [9.17, 15) is 14.7 Å². The molecule has 0 spiro atoms. The molecule has 0 rings (SSSR count). The number of ether oxygens (including phenoxy) is 1. The maximum Gasteiger partial charge on any atom is 0.306 e. The van der Waals surface area contributed by atoms with Crippen molar-refractivity contribution in [2.75, 3.05) is 27.7 Å². The summed E-state index contributed by atoms with van der Waals surface area (Å²) in [6.45, 7) is 5.08. The first kappa shape index (κ1) is 29.9. The van der Waals surface area contributed by atoms with Crippen molar-refractivity contribution in [2.24, 2.45) is 5.92 Å². The number of carboxylic acids is 1. The molecule has 0 aliphatic heterocycles. The van der Waals surface area contributed by atoms with Crippen molar-refractivity contribution in [1.29, 1.82) is 0 Å². The second-order valence-electron chi connectivity index (χ2n) is 10.7. The zero-order valence-electron chi connectivity index (χ0n) is 21.3. The van der Waals surface area contributed by atoms with Crippen molar-refractivity contribution in [3.8, 4) is 0 Å². The predicted octanol–water partition coefficient (Wildman–Crippen LogP) is 5.25. The molecule has 0 amide bonds. The first-order valence-electron chi connectivity index (χ1n) is 12.8. The van der Waals surface area contributed by atoms with Crippen LogP contribution < -0.4 is 5.11 Å². The summed E-state index contributed by atoms with van der Waals surface area (Å²) in [5.74, 6) is -0.614. The molecule has 0 saturated carbocycles. The van der Waals surface area contributed by atoms with E-state index in [4.69, 9.17) is 4.74 Å². The molecule has 1 unspecified atom stereocenters. The largest absolute Gasteiger partial charge is 0.550 e. The van der Waals surface area contributed by atoms with Crippen LogP contribution in [0.5, 0.6) is 0 Å². The molecule has 0 heterocycles. The summed E-state index contributed by atoms with van der Waals surface area (Å²) < 4.78 is 5.93. The highest BCUT2D eigenvalue weighted by Crippen LogP contribution is 2.15. The van der Waals surface area contributed by atoms with Crippen LogP contribution in [0.4, 0.5) is 0 Å². The number of rotatable bonds is 21. The Bertz CT molecular complexity index is 457. The molecule has 1 atom stereocenters. The second-order valence-corrected chi connectivity index (χ2v) is 10.7. The molecule has 0 aromatic rings. The van der Waals surface area contributed by atoms with Gasteiger partial charge in [0.25, 0.3) is 0 Å². The zero-order valence-corrected chi connectivity index (χ0v) is 21.3. The van der Waals surface area contributed by atoms with Crippen molar-refractivity contribution in [3.63, 3.8) is 0 Å². The normalized spacial score (nSPS) is 12.8. The molecule has 0 aliphatic carbocycles. The number of quaternary nitrogens is 1. The molecule has 31 heavy (non-hydrogen) atoms. The molecular weight excluding hydrogens is 390 g/mol. The monoisotopic (exact) mass is 441 g/mol. The van der Waals surface area contributed by atoms with Crippen LogP contribution in [-0.4, -0.2) is 50.2 Å². The summed E-state index contributed by atoms with van der Waals surface area (Å²) >= 11 is 0. The lowest BCUT2D eigenvalue weighted by Gasteiger charge is -2.29. The molecule has 0 aromatic heterocycles. The van der Waals surface area contributed by atoms with E-state index < -0.39 is 12.1 Å². The van der Waals surface area contributed by atoms with E-state index in [0.717, 1.165) is 25.2 Å². The molecular formula is C26H51NO4. The topological polar surface area (TPSA) is 66.4 Å². The Labute approximate surface area is 192 Å². The summed E-state index contributed by atoms with van der Waals surface area (Å²) in [5.41, 5.74) is 0. The highest BCUT2D eigenvalue weighted by molar-refractivity contribution is 5.70. The van der Waals surface area contributed by atoms with Gasteiger partial charge in [-0.2, -0.15) is 0 Å². The van der Waals surface area contributed by atoms with E-state index in [2.05, 4.69) is 13.8 Å². The van der Waals surface area contributed by atoms with Crippen LogP contribution in [-0.2, 0) is 14.3 Å². The molecule has 5 heteroatoms. The maximum atomic E-state index is 12.0. The quantitative estimate of drug-likeness (QED) is 0.139. The molecule has 0 aliphatic rings. The Morgan fingerprint density at radius 3 is 1.55 bits per heavy atom. The van der Waals surface area contributed by atoms with Crippen LogP contribution in [0.15, 0.2) is 0 Å². The van der Waals surface area contributed by atoms with Gasteiger partial charge in [-0.3, -0.25) is 4.79 Å². The zero-order chi connectivity index (χ0) is 23.5. The summed E-state index contributed by atoms with van der Waals surface area (Å²) in [4.78, 5) is 22.9. The average molecular weight is 442 g/mol. The number of carbonyl (C=O) groups is 2. The summed E-state index contributed by atoms with van der Waals surface area (Å²) in [6.07, 6.45) is 17.5. The van der Waals surface area contributed by atoms with Gasteiger partial charge < -0.3 is 19.1 Å². The Balaban J connectivity index is 3.55.